The van der Waals surface area contributed by atoms with E-state index in [4.69, 9.17) is 4.74 Å². The first-order valence-corrected chi connectivity index (χ1v) is 21.4. The van der Waals surface area contributed by atoms with Crippen LogP contribution >= 0.6 is 0 Å². The Morgan fingerprint density at radius 1 is 1.02 bits per heavy atom. The number of hydrogen-bond acceptors (Lipinski definition) is 11. The third kappa shape index (κ3) is 8.09. The van der Waals surface area contributed by atoms with Crippen LogP contribution in [-0.2, 0) is 21.4 Å². The number of fused-ring (bicyclic) bond motifs is 2. The minimum Gasteiger partial charge on any atom is -0.378 e. The average molecular weight is 853 g/mol. The van der Waals surface area contributed by atoms with Gasteiger partial charge in [-0.15, -0.1) is 0 Å². The van der Waals surface area contributed by atoms with Gasteiger partial charge in [0.25, 0.3) is 12.3 Å². The van der Waals surface area contributed by atoms with Crippen molar-refractivity contribution in [2.24, 2.45) is 13.0 Å². The first kappa shape index (κ1) is 41.4. The van der Waals surface area contributed by atoms with Crippen LogP contribution in [0.4, 0.5) is 20.3 Å². The molecule has 1 aromatic carbocycles. The molecular formula is C43H50F2N12O5. The number of piperazine rings is 1. The SMILES string of the molecule is CC(C1CCC(n2cc(NC(=O)c3cnn4ccc(N5CCOCC5)nc34)c(C(F)F)n2)CC1)N1CCN(CC#Cc2cccc3c2n(C)c(=O)n3C2CCC(=O)NC2=O)CC1. The van der Waals surface area contributed by atoms with Gasteiger partial charge in [-0.3, -0.25) is 43.3 Å². The second-order valence-corrected chi connectivity index (χ2v) is 16.6. The number of carbonyl (C=O) groups is 3. The molecule has 2 N–H and O–H groups in total. The Morgan fingerprint density at radius 2 is 1.79 bits per heavy atom. The largest absolute Gasteiger partial charge is 0.378 e. The Balaban J connectivity index is 0.783. The van der Waals surface area contributed by atoms with E-state index in [0.717, 1.165) is 51.9 Å². The number of imidazole rings is 1. The molecule has 2 atom stereocenters. The minimum absolute atomic E-state index is 0.0155. The number of ether oxygens (including phenoxy) is 1. The van der Waals surface area contributed by atoms with Gasteiger partial charge in [-0.05, 0) is 63.1 Å². The fraction of sp³-hybridized carbons (Fsp3) is 0.512. The van der Waals surface area contributed by atoms with E-state index < -0.39 is 30.0 Å². The maximum atomic E-state index is 14.3. The summed E-state index contributed by atoms with van der Waals surface area (Å²) in [4.78, 5) is 62.7. The zero-order valence-electron chi connectivity index (χ0n) is 34.8. The number of aromatic nitrogens is 7. The number of carbonyl (C=O) groups excluding carboxylic acids is 3. The van der Waals surface area contributed by atoms with Crippen LogP contribution < -0.4 is 21.2 Å². The number of benzene rings is 1. The van der Waals surface area contributed by atoms with Crippen LogP contribution in [0, 0.1) is 17.8 Å². The standard InChI is InChI=1S/C43H50F2N12O5/c1-27(53-19-17-52(18-20-53)15-4-6-29-5-3-7-33-38(29)51(2)43(61)57(33)34-12-13-36(58)49-42(34)60)28-8-10-30(11-9-28)56-26-32(37(50-56)39(44)45)47-41(59)31-25-46-55-16-14-35(48-40(31)55)54-21-23-62-24-22-54/h3,5,7,14,16,25-28,30,34,39H,8-13,15,17-24H2,1-2H3,(H,47,59)(H,49,58,60). The fourth-order valence-electron chi connectivity index (χ4n) is 9.52. The van der Waals surface area contributed by atoms with Crippen LogP contribution in [0.25, 0.3) is 16.7 Å². The van der Waals surface area contributed by atoms with E-state index in [9.17, 15) is 28.0 Å². The van der Waals surface area contributed by atoms with Crippen molar-refractivity contribution in [3.05, 3.63) is 70.2 Å². The van der Waals surface area contributed by atoms with Gasteiger partial charge in [0.15, 0.2) is 11.3 Å². The molecule has 4 aliphatic rings. The number of hydrogen-bond donors (Lipinski definition) is 2. The van der Waals surface area contributed by atoms with E-state index >= 15 is 0 Å². The van der Waals surface area contributed by atoms with E-state index in [1.54, 1.807) is 17.9 Å². The quantitative estimate of drug-likeness (QED) is 0.165. The molecule has 0 bridgehead atoms. The summed E-state index contributed by atoms with van der Waals surface area (Å²) in [6, 6.07) is 6.88. The Morgan fingerprint density at radius 3 is 2.53 bits per heavy atom. The Bertz CT molecular complexity index is 2620. The third-order valence-electron chi connectivity index (χ3n) is 13.1. The number of rotatable bonds is 9. The minimum atomic E-state index is -2.87. The Labute approximate surface area is 356 Å². The lowest BCUT2D eigenvalue weighted by Gasteiger charge is -2.42. The van der Waals surface area contributed by atoms with Crippen molar-refractivity contribution >= 4 is 45.9 Å². The van der Waals surface area contributed by atoms with Gasteiger partial charge in [0.05, 0.1) is 54.3 Å². The van der Waals surface area contributed by atoms with Crippen LogP contribution in [0.3, 0.4) is 0 Å². The van der Waals surface area contributed by atoms with Gasteiger partial charge in [0.1, 0.15) is 17.4 Å². The van der Waals surface area contributed by atoms with Gasteiger partial charge in [0, 0.05) is 71.2 Å². The van der Waals surface area contributed by atoms with Crippen molar-refractivity contribution in [1.82, 2.24) is 48.6 Å². The number of alkyl halides is 2. The number of morpholine rings is 1. The molecule has 17 nitrogen and oxygen atoms in total. The maximum Gasteiger partial charge on any atom is 0.329 e. The third-order valence-corrected chi connectivity index (χ3v) is 13.1. The summed E-state index contributed by atoms with van der Waals surface area (Å²) >= 11 is 0. The van der Waals surface area contributed by atoms with Crippen molar-refractivity contribution in [3.8, 4) is 11.8 Å². The maximum absolute atomic E-state index is 14.3. The van der Waals surface area contributed by atoms with Crippen molar-refractivity contribution in [2.45, 2.75) is 70.0 Å². The first-order chi connectivity index (χ1) is 30.0. The molecule has 3 aliphatic heterocycles. The average Bonchev–Trinajstić information content (AvgIpc) is 3.98. The smallest absolute Gasteiger partial charge is 0.329 e. The number of anilines is 2. The second kappa shape index (κ2) is 17.4. The van der Waals surface area contributed by atoms with E-state index in [-0.39, 0.29) is 41.7 Å². The lowest BCUT2D eigenvalue weighted by molar-refractivity contribution is -0.135. The lowest BCUT2D eigenvalue weighted by atomic mass is 9.81. The predicted octanol–water partition coefficient (Wildman–Crippen LogP) is 3.37. The summed E-state index contributed by atoms with van der Waals surface area (Å²) in [5.74, 6) is 6.34. The highest BCUT2D eigenvalue weighted by Crippen LogP contribution is 2.37. The number of aryl methyl sites for hydroxylation is 1. The normalized spacial score (nSPS) is 22.2. The van der Waals surface area contributed by atoms with E-state index in [2.05, 4.69) is 59.3 Å². The molecule has 2 unspecified atom stereocenters. The van der Waals surface area contributed by atoms with Crippen molar-refractivity contribution < 1.29 is 27.9 Å². The fourth-order valence-corrected chi connectivity index (χ4v) is 9.52. The summed E-state index contributed by atoms with van der Waals surface area (Å²) in [5.41, 5.74) is 1.70. The highest BCUT2D eigenvalue weighted by Gasteiger charge is 2.34. The van der Waals surface area contributed by atoms with Crippen LogP contribution in [0.1, 0.15) is 85.6 Å². The molecule has 0 spiro atoms. The molecular weight excluding hydrogens is 803 g/mol. The van der Waals surface area contributed by atoms with Gasteiger partial charge in [0.2, 0.25) is 11.8 Å². The molecule has 326 valence electrons. The molecule has 4 aromatic heterocycles. The molecule has 62 heavy (non-hydrogen) atoms. The van der Waals surface area contributed by atoms with Gasteiger partial charge in [-0.2, -0.15) is 10.2 Å². The highest BCUT2D eigenvalue weighted by molar-refractivity contribution is 6.08. The van der Waals surface area contributed by atoms with Crippen LogP contribution in [-0.4, -0.2) is 126 Å². The molecule has 5 aromatic rings. The summed E-state index contributed by atoms with van der Waals surface area (Å²) in [6.07, 6.45) is 5.69. The molecule has 3 saturated heterocycles. The number of piperidine rings is 1. The van der Waals surface area contributed by atoms with Crippen LogP contribution in [0.5, 0.6) is 0 Å². The van der Waals surface area contributed by atoms with Gasteiger partial charge in [-0.25, -0.2) is 23.1 Å². The lowest BCUT2D eigenvalue weighted by Crippen LogP contribution is -2.51. The molecule has 0 radical (unpaired) electrons. The van der Waals surface area contributed by atoms with Gasteiger partial charge >= 0.3 is 5.69 Å². The van der Waals surface area contributed by atoms with E-state index in [1.807, 2.05) is 24.3 Å². The number of nitrogens with zero attached hydrogens (tertiary/aromatic N) is 10. The molecule has 7 heterocycles. The molecule has 9 rings (SSSR count). The Kier molecular flexibility index (Phi) is 11.6. The van der Waals surface area contributed by atoms with Crippen LogP contribution in [0.15, 0.2) is 47.7 Å². The Hall–Kier alpha value is -5.97. The van der Waals surface area contributed by atoms with Crippen molar-refractivity contribution in [3.63, 3.8) is 0 Å². The summed E-state index contributed by atoms with van der Waals surface area (Å²) in [6.45, 7) is 8.89. The number of halogens is 2. The van der Waals surface area contributed by atoms with Gasteiger partial charge in [-0.1, -0.05) is 17.9 Å². The zero-order chi connectivity index (χ0) is 43.1. The summed E-state index contributed by atoms with van der Waals surface area (Å²) < 4.78 is 40.2. The van der Waals surface area contributed by atoms with Gasteiger partial charge < -0.3 is 15.0 Å². The highest BCUT2D eigenvalue weighted by atomic mass is 19.3. The number of nitrogens with one attached hydrogen (secondary N) is 2. The predicted molar refractivity (Wildman–Crippen MR) is 225 cm³/mol. The number of para-hydroxylation sites is 1. The monoisotopic (exact) mass is 852 g/mol. The summed E-state index contributed by atoms with van der Waals surface area (Å²) in [7, 11) is 1.68. The van der Waals surface area contributed by atoms with Crippen molar-refractivity contribution in [2.75, 3.05) is 69.2 Å². The number of imide groups is 1. The molecule has 1 aliphatic carbocycles. The molecule has 3 amide bonds. The van der Waals surface area contributed by atoms with Crippen molar-refractivity contribution in [1.29, 1.82) is 0 Å². The molecule has 4 fully saturated rings. The first-order valence-electron chi connectivity index (χ1n) is 21.4. The molecule has 1 saturated carbocycles. The van der Waals surface area contributed by atoms with E-state index in [1.165, 1.54) is 26.0 Å². The summed E-state index contributed by atoms with van der Waals surface area (Å²) in [5, 5.41) is 13.6. The van der Waals surface area contributed by atoms with Crippen LogP contribution in [0.2, 0.25) is 0 Å². The molecule has 19 heteroatoms. The van der Waals surface area contributed by atoms with E-state index in [0.29, 0.717) is 72.9 Å². The second-order valence-electron chi connectivity index (χ2n) is 16.6. The zero-order valence-corrected chi connectivity index (χ0v) is 34.8. The number of amides is 3. The topological polar surface area (TPSA) is 169 Å².